The number of carbonyl (C=O) groups is 1. The highest BCUT2D eigenvalue weighted by atomic mass is 19.1. The highest BCUT2D eigenvalue weighted by Crippen LogP contribution is 2.42. The molecule has 19 heavy (non-hydrogen) atoms. The van der Waals surface area contributed by atoms with E-state index in [-0.39, 0.29) is 5.82 Å². The molecule has 1 atom stereocenters. The number of ether oxygens (including phenoxy) is 1. The van der Waals surface area contributed by atoms with Crippen LogP contribution in [0, 0.1) is 5.82 Å². The Bertz CT molecular complexity index is 560. The Hall–Kier alpha value is -1.90. The van der Waals surface area contributed by atoms with Crippen LogP contribution in [-0.4, -0.2) is 5.97 Å². The van der Waals surface area contributed by atoms with Crippen molar-refractivity contribution in [2.75, 3.05) is 0 Å². The first-order chi connectivity index (χ1) is 9.00. The van der Waals surface area contributed by atoms with Crippen LogP contribution in [0.1, 0.15) is 31.4 Å². The molecule has 100 valence electrons. The maximum Gasteiger partial charge on any atom is 0.334 e. The molecule has 0 aromatic heterocycles. The van der Waals surface area contributed by atoms with Crippen molar-refractivity contribution < 1.29 is 13.9 Å². The lowest BCUT2D eigenvalue weighted by Gasteiger charge is -2.27. The summed E-state index contributed by atoms with van der Waals surface area (Å²) in [5.41, 5.74) is 0.853. The molecule has 0 amide bonds. The molecule has 0 spiro atoms. The zero-order chi connectivity index (χ0) is 14.0. The lowest BCUT2D eigenvalue weighted by Crippen LogP contribution is -2.28. The Kier molecular flexibility index (Phi) is 3.56. The van der Waals surface area contributed by atoms with Gasteiger partial charge in [-0.2, -0.15) is 0 Å². The molecule has 0 bridgehead atoms. The van der Waals surface area contributed by atoms with Gasteiger partial charge in [-0.05, 0) is 44.4 Å². The van der Waals surface area contributed by atoms with Gasteiger partial charge in [0.15, 0.2) is 5.60 Å². The van der Waals surface area contributed by atoms with Gasteiger partial charge in [-0.3, -0.25) is 0 Å². The number of rotatable bonds is 3. The maximum absolute atomic E-state index is 13.8. The van der Waals surface area contributed by atoms with Crippen LogP contribution in [0.2, 0.25) is 0 Å². The highest BCUT2D eigenvalue weighted by Gasteiger charge is 2.41. The summed E-state index contributed by atoms with van der Waals surface area (Å²) in [5, 5.41) is 0. The van der Waals surface area contributed by atoms with Gasteiger partial charge in [0, 0.05) is 11.1 Å². The Labute approximate surface area is 112 Å². The van der Waals surface area contributed by atoms with E-state index in [4.69, 9.17) is 4.74 Å². The van der Waals surface area contributed by atoms with E-state index in [1.807, 2.05) is 25.1 Å². The summed E-state index contributed by atoms with van der Waals surface area (Å²) in [6, 6.07) is 4.90. The number of hydrogen-bond donors (Lipinski definition) is 0. The molecular formula is C16H17FO2. The van der Waals surface area contributed by atoms with E-state index in [0.717, 1.165) is 5.56 Å². The van der Waals surface area contributed by atoms with Crippen molar-refractivity contribution >= 4 is 5.97 Å². The van der Waals surface area contributed by atoms with Gasteiger partial charge < -0.3 is 4.74 Å². The van der Waals surface area contributed by atoms with Gasteiger partial charge in [0.2, 0.25) is 0 Å². The zero-order valence-corrected chi connectivity index (χ0v) is 11.2. The van der Waals surface area contributed by atoms with Crippen LogP contribution in [0.4, 0.5) is 4.39 Å². The first-order valence-corrected chi connectivity index (χ1v) is 6.31. The number of allylic oxidation sites excluding steroid dienone is 1. The van der Waals surface area contributed by atoms with Crippen molar-refractivity contribution in [3.8, 4) is 0 Å². The highest BCUT2D eigenvalue weighted by molar-refractivity contribution is 5.87. The van der Waals surface area contributed by atoms with E-state index in [1.165, 1.54) is 6.07 Å². The fourth-order valence-corrected chi connectivity index (χ4v) is 2.49. The molecule has 2 nitrogen and oxygen atoms in total. The molecular weight excluding hydrogens is 243 g/mol. The summed E-state index contributed by atoms with van der Waals surface area (Å²) in [7, 11) is 0. The SMILES string of the molecule is C=C(C)C(=O)OC1(/C=C/C)CCc2c(F)cccc21. The molecule has 1 aromatic carbocycles. The molecule has 0 saturated carbocycles. The summed E-state index contributed by atoms with van der Waals surface area (Å²) in [4.78, 5) is 11.8. The minimum Gasteiger partial charge on any atom is -0.447 e. The van der Waals surface area contributed by atoms with E-state index in [1.54, 1.807) is 13.0 Å². The third-order valence-corrected chi connectivity index (χ3v) is 3.38. The maximum atomic E-state index is 13.8. The molecule has 0 aliphatic heterocycles. The Morgan fingerprint density at radius 3 is 2.89 bits per heavy atom. The number of carbonyl (C=O) groups excluding carboxylic acids is 1. The molecule has 1 aromatic rings. The second-order valence-corrected chi connectivity index (χ2v) is 4.83. The van der Waals surface area contributed by atoms with Crippen molar-refractivity contribution in [2.45, 2.75) is 32.3 Å². The van der Waals surface area contributed by atoms with Gasteiger partial charge in [0.1, 0.15) is 5.82 Å². The molecule has 0 heterocycles. The van der Waals surface area contributed by atoms with Crippen LogP contribution in [0.25, 0.3) is 0 Å². The largest absolute Gasteiger partial charge is 0.447 e. The van der Waals surface area contributed by atoms with Crippen LogP contribution < -0.4 is 0 Å². The quantitative estimate of drug-likeness (QED) is 0.471. The number of fused-ring (bicyclic) bond motifs is 1. The molecule has 1 aliphatic carbocycles. The number of esters is 1. The topological polar surface area (TPSA) is 26.3 Å². The fraction of sp³-hybridized carbons (Fsp3) is 0.312. The molecule has 0 fully saturated rings. The predicted molar refractivity (Wildman–Crippen MR) is 72.1 cm³/mol. The Morgan fingerprint density at radius 2 is 2.26 bits per heavy atom. The zero-order valence-electron chi connectivity index (χ0n) is 11.2. The van der Waals surface area contributed by atoms with Crippen molar-refractivity contribution in [2.24, 2.45) is 0 Å². The van der Waals surface area contributed by atoms with Crippen LogP contribution in [0.3, 0.4) is 0 Å². The Morgan fingerprint density at radius 1 is 1.53 bits per heavy atom. The summed E-state index contributed by atoms with van der Waals surface area (Å²) >= 11 is 0. The smallest absolute Gasteiger partial charge is 0.334 e. The number of halogens is 1. The summed E-state index contributed by atoms with van der Waals surface area (Å²) in [5.74, 6) is -0.689. The van der Waals surface area contributed by atoms with Gasteiger partial charge >= 0.3 is 5.97 Å². The van der Waals surface area contributed by atoms with Gasteiger partial charge in [0.25, 0.3) is 0 Å². The first kappa shape index (κ1) is 13.5. The average molecular weight is 260 g/mol. The number of hydrogen-bond acceptors (Lipinski definition) is 2. The van der Waals surface area contributed by atoms with Crippen molar-refractivity contribution in [3.05, 3.63) is 59.4 Å². The van der Waals surface area contributed by atoms with Crippen LogP contribution in [-0.2, 0) is 21.6 Å². The second kappa shape index (κ2) is 5.00. The Balaban J connectivity index is 2.47. The van der Waals surface area contributed by atoms with E-state index >= 15 is 0 Å². The van der Waals surface area contributed by atoms with Gasteiger partial charge in [-0.1, -0.05) is 24.8 Å². The monoisotopic (exact) mass is 260 g/mol. The molecule has 0 N–H and O–H groups in total. The van der Waals surface area contributed by atoms with Crippen LogP contribution in [0.5, 0.6) is 0 Å². The van der Waals surface area contributed by atoms with E-state index < -0.39 is 11.6 Å². The molecule has 0 radical (unpaired) electrons. The fourth-order valence-electron chi connectivity index (χ4n) is 2.49. The van der Waals surface area contributed by atoms with E-state index in [9.17, 15) is 9.18 Å². The van der Waals surface area contributed by atoms with Gasteiger partial charge in [-0.25, -0.2) is 9.18 Å². The van der Waals surface area contributed by atoms with Crippen molar-refractivity contribution in [3.63, 3.8) is 0 Å². The van der Waals surface area contributed by atoms with Crippen LogP contribution in [0.15, 0.2) is 42.5 Å². The van der Waals surface area contributed by atoms with E-state index in [2.05, 4.69) is 6.58 Å². The third-order valence-electron chi connectivity index (χ3n) is 3.38. The van der Waals surface area contributed by atoms with Crippen molar-refractivity contribution in [1.29, 1.82) is 0 Å². The number of benzene rings is 1. The minimum atomic E-state index is -0.859. The van der Waals surface area contributed by atoms with Gasteiger partial charge in [0.05, 0.1) is 0 Å². The summed E-state index contributed by atoms with van der Waals surface area (Å²) in [6.07, 6.45) is 4.77. The standard InChI is InChI=1S/C16H17FO2/c1-4-9-16(19-15(18)11(2)3)10-8-12-13(16)6-5-7-14(12)17/h4-7,9H,2,8,10H2,1,3H3/b9-4+. The molecule has 1 unspecified atom stereocenters. The summed E-state index contributed by atoms with van der Waals surface area (Å²) < 4.78 is 19.4. The predicted octanol–water partition coefficient (Wildman–Crippen LogP) is 3.66. The second-order valence-electron chi connectivity index (χ2n) is 4.83. The first-order valence-electron chi connectivity index (χ1n) is 6.31. The molecule has 1 aliphatic rings. The van der Waals surface area contributed by atoms with E-state index in [0.29, 0.717) is 24.0 Å². The van der Waals surface area contributed by atoms with Crippen molar-refractivity contribution in [1.82, 2.24) is 0 Å². The molecule has 2 rings (SSSR count). The molecule has 3 heteroatoms. The van der Waals surface area contributed by atoms with Gasteiger partial charge in [-0.15, -0.1) is 0 Å². The summed E-state index contributed by atoms with van der Waals surface area (Å²) in [6.45, 7) is 7.05. The van der Waals surface area contributed by atoms with Crippen LogP contribution >= 0.6 is 0 Å². The lowest BCUT2D eigenvalue weighted by atomic mass is 9.94. The minimum absolute atomic E-state index is 0.241. The third kappa shape index (κ3) is 2.33. The molecule has 0 saturated heterocycles. The average Bonchev–Trinajstić information content (AvgIpc) is 2.70. The normalized spacial score (nSPS) is 21.4. The lowest BCUT2D eigenvalue weighted by molar-refractivity contribution is -0.151.